The smallest absolute Gasteiger partial charge is 0.291 e. The van der Waals surface area contributed by atoms with Crippen molar-refractivity contribution in [1.29, 1.82) is 0 Å². The van der Waals surface area contributed by atoms with E-state index in [4.69, 9.17) is 10.2 Å². The van der Waals surface area contributed by atoms with Crippen LogP contribution in [0.15, 0.2) is 71.1 Å². The van der Waals surface area contributed by atoms with E-state index in [1.807, 2.05) is 6.07 Å². The zero-order valence-electron chi connectivity index (χ0n) is 12.9. The highest BCUT2D eigenvalue weighted by Gasteiger charge is 2.15. The fraction of sp³-hybridized carbons (Fsp3) is 0.0526. The third-order valence-electron chi connectivity index (χ3n) is 3.52. The lowest BCUT2D eigenvalue weighted by molar-refractivity contribution is 0.0967. The molecular weight excluding hydrogens is 304 g/mol. The average Bonchev–Trinajstić information content (AvgIpc) is 3.06. The molecule has 0 radical (unpaired) electrons. The van der Waals surface area contributed by atoms with E-state index in [1.165, 1.54) is 0 Å². The molecule has 1 aromatic heterocycles. The van der Waals surface area contributed by atoms with Crippen LogP contribution in [0.5, 0.6) is 0 Å². The topological polar surface area (TPSA) is 85.3 Å². The van der Waals surface area contributed by atoms with Crippen LogP contribution in [0.3, 0.4) is 0 Å². The number of amides is 1. The van der Waals surface area contributed by atoms with Gasteiger partial charge in [-0.25, -0.2) is 0 Å². The molecule has 24 heavy (non-hydrogen) atoms. The number of hydrogen-bond acceptors (Lipinski definition) is 4. The monoisotopic (exact) mass is 320 g/mol. The van der Waals surface area contributed by atoms with Gasteiger partial charge in [0.15, 0.2) is 11.5 Å². The van der Waals surface area contributed by atoms with Gasteiger partial charge in [-0.05, 0) is 24.3 Å². The summed E-state index contributed by atoms with van der Waals surface area (Å²) in [5.74, 6) is 0.0969. The van der Waals surface area contributed by atoms with E-state index in [2.05, 4.69) is 5.32 Å². The Kier molecular flexibility index (Phi) is 4.43. The summed E-state index contributed by atoms with van der Waals surface area (Å²) in [6.07, 6.45) is 0.102. The predicted molar refractivity (Wildman–Crippen MR) is 92.0 cm³/mol. The number of Topliss-reactive ketones (excluding diaryl/α,β-unsaturated/α-hetero) is 1. The number of nitrogen functional groups attached to an aromatic ring is 1. The molecule has 0 aliphatic rings. The number of nitrogens with one attached hydrogen (secondary N) is 1. The molecule has 0 bridgehead atoms. The molecule has 0 atom stereocenters. The lowest BCUT2D eigenvalue weighted by Crippen LogP contribution is -2.12. The normalized spacial score (nSPS) is 10.3. The minimum Gasteiger partial charge on any atom is -0.455 e. The van der Waals surface area contributed by atoms with Gasteiger partial charge in [0.05, 0.1) is 17.8 Å². The van der Waals surface area contributed by atoms with Gasteiger partial charge < -0.3 is 15.5 Å². The molecule has 120 valence electrons. The Balaban J connectivity index is 1.68. The lowest BCUT2D eigenvalue weighted by atomic mass is 10.1. The quantitative estimate of drug-likeness (QED) is 0.556. The van der Waals surface area contributed by atoms with E-state index in [0.29, 0.717) is 22.7 Å². The Hall–Kier alpha value is -3.34. The summed E-state index contributed by atoms with van der Waals surface area (Å²) in [6, 6.07) is 19.1. The Labute approximate surface area is 139 Å². The highest BCUT2D eigenvalue weighted by molar-refractivity contribution is 6.04. The van der Waals surface area contributed by atoms with Gasteiger partial charge in [0.25, 0.3) is 5.91 Å². The minimum absolute atomic E-state index is 0.0655. The van der Waals surface area contributed by atoms with Crippen molar-refractivity contribution in [3.05, 3.63) is 83.8 Å². The van der Waals surface area contributed by atoms with Crippen molar-refractivity contribution in [3.63, 3.8) is 0 Å². The predicted octanol–water partition coefficient (Wildman–Crippen LogP) is 3.54. The zero-order chi connectivity index (χ0) is 16.9. The van der Waals surface area contributed by atoms with Gasteiger partial charge in [-0.15, -0.1) is 0 Å². The molecule has 1 amide bonds. The summed E-state index contributed by atoms with van der Waals surface area (Å²) in [5, 5.41) is 2.68. The van der Waals surface area contributed by atoms with Crippen LogP contribution in [0, 0.1) is 0 Å². The van der Waals surface area contributed by atoms with Crippen LogP contribution in [0.25, 0.3) is 0 Å². The second kappa shape index (κ2) is 6.83. The van der Waals surface area contributed by atoms with E-state index in [1.54, 1.807) is 60.7 Å². The Morgan fingerprint density at radius 2 is 1.62 bits per heavy atom. The minimum atomic E-state index is -0.411. The molecule has 0 saturated heterocycles. The molecule has 3 rings (SSSR count). The Morgan fingerprint density at radius 3 is 2.38 bits per heavy atom. The number of hydrogen-bond donors (Lipinski definition) is 2. The van der Waals surface area contributed by atoms with Crippen LogP contribution >= 0.6 is 0 Å². The first-order chi connectivity index (χ1) is 11.6. The second-order valence-corrected chi connectivity index (χ2v) is 5.27. The van der Waals surface area contributed by atoms with Crippen LogP contribution in [-0.4, -0.2) is 11.7 Å². The molecule has 0 fully saturated rings. The summed E-state index contributed by atoms with van der Waals surface area (Å²) in [5.41, 5.74) is 7.38. The third kappa shape index (κ3) is 3.52. The average molecular weight is 320 g/mol. The maximum absolute atomic E-state index is 12.2. The van der Waals surface area contributed by atoms with Gasteiger partial charge in [0.2, 0.25) is 0 Å². The Morgan fingerprint density at radius 1 is 0.917 bits per heavy atom. The summed E-state index contributed by atoms with van der Waals surface area (Å²) in [7, 11) is 0. The fourth-order valence-corrected chi connectivity index (χ4v) is 2.27. The summed E-state index contributed by atoms with van der Waals surface area (Å²) in [6.45, 7) is 0. The van der Waals surface area contributed by atoms with Gasteiger partial charge in [-0.2, -0.15) is 0 Å². The van der Waals surface area contributed by atoms with Gasteiger partial charge in [-0.1, -0.05) is 42.5 Å². The second-order valence-electron chi connectivity index (χ2n) is 5.27. The highest BCUT2D eigenvalue weighted by atomic mass is 16.4. The number of carbonyl (C=O) groups excluding carboxylic acids is 2. The number of ketones is 1. The number of anilines is 2. The van der Waals surface area contributed by atoms with E-state index in [-0.39, 0.29) is 18.0 Å². The van der Waals surface area contributed by atoms with Crippen molar-refractivity contribution in [1.82, 2.24) is 0 Å². The first kappa shape index (κ1) is 15.6. The standard InChI is InChI=1S/C19H16N2O3/c20-15-8-4-5-9-16(15)21-19(23)18-11-10-14(24-18)12-17(22)13-6-2-1-3-7-13/h1-11H,12,20H2,(H,21,23). The van der Waals surface area contributed by atoms with Gasteiger partial charge in [0.1, 0.15) is 5.76 Å². The van der Waals surface area contributed by atoms with Crippen LogP contribution in [-0.2, 0) is 6.42 Å². The van der Waals surface area contributed by atoms with E-state index in [0.717, 1.165) is 0 Å². The molecule has 3 aromatic rings. The number of carbonyl (C=O) groups is 2. The molecule has 3 N–H and O–H groups in total. The van der Waals surface area contributed by atoms with Crippen LogP contribution < -0.4 is 11.1 Å². The van der Waals surface area contributed by atoms with Crippen molar-refractivity contribution in [2.45, 2.75) is 6.42 Å². The Bertz CT molecular complexity index is 869. The number of para-hydroxylation sites is 2. The molecule has 0 unspecified atom stereocenters. The maximum atomic E-state index is 12.2. The van der Waals surface area contributed by atoms with E-state index >= 15 is 0 Å². The van der Waals surface area contributed by atoms with Gasteiger partial charge in [-0.3, -0.25) is 9.59 Å². The maximum Gasteiger partial charge on any atom is 0.291 e. The molecule has 0 aliphatic carbocycles. The third-order valence-corrected chi connectivity index (χ3v) is 3.52. The van der Waals surface area contributed by atoms with E-state index in [9.17, 15) is 9.59 Å². The number of benzene rings is 2. The van der Waals surface area contributed by atoms with Crippen molar-refractivity contribution in [2.75, 3.05) is 11.1 Å². The first-order valence-corrected chi connectivity index (χ1v) is 7.46. The molecular formula is C19H16N2O3. The van der Waals surface area contributed by atoms with Gasteiger partial charge >= 0.3 is 0 Å². The first-order valence-electron chi connectivity index (χ1n) is 7.46. The summed E-state index contributed by atoms with van der Waals surface area (Å²) in [4.78, 5) is 24.3. The number of nitrogens with two attached hydrogens (primary N) is 1. The lowest BCUT2D eigenvalue weighted by Gasteiger charge is -2.05. The van der Waals surface area contributed by atoms with E-state index < -0.39 is 5.91 Å². The van der Waals surface area contributed by atoms with Crippen LogP contribution in [0.1, 0.15) is 26.7 Å². The molecule has 0 saturated carbocycles. The zero-order valence-corrected chi connectivity index (χ0v) is 12.9. The van der Waals surface area contributed by atoms with Gasteiger partial charge in [0, 0.05) is 5.56 Å². The largest absolute Gasteiger partial charge is 0.455 e. The van der Waals surface area contributed by atoms with Crippen molar-refractivity contribution in [2.24, 2.45) is 0 Å². The van der Waals surface area contributed by atoms with Crippen LogP contribution in [0.4, 0.5) is 11.4 Å². The molecule has 1 heterocycles. The molecule has 0 aliphatic heterocycles. The van der Waals surface area contributed by atoms with Crippen molar-refractivity contribution in [3.8, 4) is 0 Å². The SMILES string of the molecule is Nc1ccccc1NC(=O)c1ccc(CC(=O)c2ccccc2)o1. The highest BCUT2D eigenvalue weighted by Crippen LogP contribution is 2.19. The number of furan rings is 1. The fourth-order valence-electron chi connectivity index (χ4n) is 2.27. The molecule has 5 heteroatoms. The molecule has 0 spiro atoms. The molecule has 5 nitrogen and oxygen atoms in total. The van der Waals surface area contributed by atoms with Crippen molar-refractivity contribution >= 4 is 23.1 Å². The van der Waals surface area contributed by atoms with Crippen molar-refractivity contribution < 1.29 is 14.0 Å². The van der Waals surface area contributed by atoms with Crippen LogP contribution in [0.2, 0.25) is 0 Å². The number of rotatable bonds is 5. The summed E-state index contributed by atoms with van der Waals surface area (Å²) >= 11 is 0. The summed E-state index contributed by atoms with van der Waals surface area (Å²) < 4.78 is 5.48. The molecule has 2 aromatic carbocycles.